The van der Waals surface area contributed by atoms with Crippen molar-refractivity contribution in [2.45, 2.75) is 25.8 Å². The van der Waals surface area contributed by atoms with Gasteiger partial charge in [0, 0.05) is 11.4 Å². The molecular weight excluding hydrogens is 220 g/mol. The molecule has 0 fully saturated rings. The van der Waals surface area contributed by atoms with Crippen LogP contribution in [-0.4, -0.2) is 22.3 Å². The van der Waals surface area contributed by atoms with Gasteiger partial charge >= 0.3 is 0 Å². The molecule has 1 rings (SSSR count). The van der Waals surface area contributed by atoms with Gasteiger partial charge < -0.3 is 5.32 Å². The molecule has 1 heterocycles. The molecule has 0 aliphatic rings. The SMILES string of the molecule is CC(C)(CCCl)NC(=O)c1cncs1. The van der Waals surface area contributed by atoms with E-state index in [1.165, 1.54) is 11.3 Å². The van der Waals surface area contributed by atoms with Gasteiger partial charge in [-0.3, -0.25) is 9.78 Å². The fraction of sp³-hybridized carbons (Fsp3) is 0.556. The average Bonchev–Trinajstić information content (AvgIpc) is 2.53. The van der Waals surface area contributed by atoms with Crippen molar-refractivity contribution in [3.8, 4) is 0 Å². The van der Waals surface area contributed by atoms with Crippen molar-refractivity contribution >= 4 is 28.8 Å². The summed E-state index contributed by atoms with van der Waals surface area (Å²) in [5.74, 6) is 0.457. The van der Waals surface area contributed by atoms with E-state index in [1.807, 2.05) is 13.8 Å². The van der Waals surface area contributed by atoms with Gasteiger partial charge in [-0.05, 0) is 20.3 Å². The highest BCUT2D eigenvalue weighted by molar-refractivity contribution is 7.11. The molecule has 0 radical (unpaired) electrons. The largest absolute Gasteiger partial charge is 0.346 e. The molecule has 0 aliphatic heterocycles. The third kappa shape index (κ3) is 3.27. The Kier molecular flexibility index (Phi) is 3.89. The van der Waals surface area contributed by atoms with E-state index >= 15 is 0 Å². The highest BCUT2D eigenvalue weighted by Gasteiger charge is 2.20. The number of halogens is 1. The molecule has 78 valence electrons. The molecule has 1 amide bonds. The molecule has 14 heavy (non-hydrogen) atoms. The van der Waals surface area contributed by atoms with Crippen molar-refractivity contribution in [2.75, 3.05) is 5.88 Å². The van der Waals surface area contributed by atoms with Crippen molar-refractivity contribution in [3.63, 3.8) is 0 Å². The molecule has 1 N–H and O–H groups in total. The number of nitrogens with zero attached hydrogens (tertiary/aromatic N) is 1. The lowest BCUT2D eigenvalue weighted by molar-refractivity contribution is 0.0915. The number of hydrogen-bond acceptors (Lipinski definition) is 3. The van der Waals surface area contributed by atoms with Gasteiger partial charge in [-0.25, -0.2) is 0 Å². The van der Waals surface area contributed by atoms with Crippen molar-refractivity contribution in [1.29, 1.82) is 0 Å². The third-order valence-corrected chi connectivity index (χ3v) is 2.79. The summed E-state index contributed by atoms with van der Waals surface area (Å²) in [4.78, 5) is 16.1. The van der Waals surface area contributed by atoms with Gasteiger partial charge in [0.15, 0.2) is 0 Å². The summed E-state index contributed by atoms with van der Waals surface area (Å²) < 4.78 is 0. The molecule has 0 unspecified atom stereocenters. The van der Waals surface area contributed by atoms with Crippen LogP contribution in [0, 0.1) is 0 Å². The second-order valence-corrected chi connectivity index (χ2v) is 4.91. The first kappa shape index (κ1) is 11.5. The van der Waals surface area contributed by atoms with Crippen LogP contribution in [-0.2, 0) is 0 Å². The average molecular weight is 233 g/mol. The quantitative estimate of drug-likeness (QED) is 0.810. The first-order valence-electron chi connectivity index (χ1n) is 4.32. The van der Waals surface area contributed by atoms with Crippen LogP contribution in [0.4, 0.5) is 0 Å². The standard InChI is InChI=1S/C9H13ClN2OS/c1-9(2,3-4-10)12-8(13)7-5-11-6-14-7/h5-6H,3-4H2,1-2H3,(H,12,13). The highest BCUT2D eigenvalue weighted by atomic mass is 35.5. The van der Waals surface area contributed by atoms with Crippen LogP contribution in [0.25, 0.3) is 0 Å². The number of amides is 1. The van der Waals surface area contributed by atoms with E-state index in [4.69, 9.17) is 11.6 Å². The van der Waals surface area contributed by atoms with E-state index in [2.05, 4.69) is 10.3 Å². The predicted octanol–water partition coefficient (Wildman–Crippen LogP) is 2.28. The molecule has 1 aromatic rings. The summed E-state index contributed by atoms with van der Waals surface area (Å²) >= 11 is 6.97. The number of carbonyl (C=O) groups excluding carboxylic acids is 1. The van der Waals surface area contributed by atoms with Gasteiger partial charge in [0.2, 0.25) is 0 Å². The maximum absolute atomic E-state index is 11.6. The Bertz CT molecular complexity index is 298. The Hall–Kier alpha value is -0.610. The molecule has 3 nitrogen and oxygen atoms in total. The van der Waals surface area contributed by atoms with Gasteiger partial charge in [-0.15, -0.1) is 22.9 Å². The highest BCUT2D eigenvalue weighted by Crippen LogP contribution is 2.12. The molecule has 1 aromatic heterocycles. The number of carbonyl (C=O) groups is 1. The number of thiazole rings is 1. The summed E-state index contributed by atoms with van der Waals surface area (Å²) in [6.45, 7) is 3.91. The number of aromatic nitrogens is 1. The van der Waals surface area contributed by atoms with E-state index in [0.717, 1.165) is 6.42 Å². The summed E-state index contributed by atoms with van der Waals surface area (Å²) in [5, 5.41) is 2.91. The van der Waals surface area contributed by atoms with Crippen molar-refractivity contribution in [1.82, 2.24) is 10.3 Å². The normalized spacial score (nSPS) is 11.4. The Morgan fingerprint density at radius 3 is 2.93 bits per heavy atom. The second kappa shape index (κ2) is 4.75. The van der Waals surface area contributed by atoms with Gasteiger partial charge in [0.25, 0.3) is 5.91 Å². The molecule has 0 aromatic carbocycles. The summed E-state index contributed by atoms with van der Waals surface area (Å²) in [5.41, 5.74) is 1.38. The second-order valence-electron chi connectivity index (χ2n) is 3.64. The van der Waals surface area contributed by atoms with Gasteiger partial charge in [-0.1, -0.05) is 0 Å². The predicted molar refractivity (Wildman–Crippen MR) is 59.0 cm³/mol. The first-order valence-corrected chi connectivity index (χ1v) is 5.73. The van der Waals surface area contributed by atoms with Crippen LogP contribution in [0.5, 0.6) is 0 Å². The minimum atomic E-state index is -0.261. The Morgan fingerprint density at radius 2 is 2.43 bits per heavy atom. The summed E-state index contributed by atoms with van der Waals surface area (Å²) in [6, 6.07) is 0. The molecule has 0 saturated carbocycles. The molecular formula is C9H13ClN2OS. The monoisotopic (exact) mass is 232 g/mol. The van der Waals surface area contributed by atoms with E-state index in [1.54, 1.807) is 11.7 Å². The lowest BCUT2D eigenvalue weighted by Crippen LogP contribution is -2.43. The Morgan fingerprint density at radius 1 is 1.71 bits per heavy atom. The Labute approximate surface area is 92.5 Å². The van der Waals surface area contributed by atoms with Crippen molar-refractivity contribution < 1.29 is 4.79 Å². The molecule has 0 saturated heterocycles. The van der Waals surface area contributed by atoms with Crippen LogP contribution >= 0.6 is 22.9 Å². The van der Waals surface area contributed by atoms with Crippen LogP contribution in [0.1, 0.15) is 29.9 Å². The lowest BCUT2D eigenvalue weighted by atomic mass is 10.0. The lowest BCUT2D eigenvalue weighted by Gasteiger charge is -2.24. The van der Waals surface area contributed by atoms with Gasteiger partial charge in [-0.2, -0.15) is 0 Å². The zero-order valence-corrected chi connectivity index (χ0v) is 9.78. The third-order valence-electron chi connectivity index (χ3n) is 1.83. The zero-order valence-electron chi connectivity index (χ0n) is 8.21. The molecule has 5 heteroatoms. The first-order chi connectivity index (χ1) is 6.55. The summed E-state index contributed by atoms with van der Waals surface area (Å²) in [6.07, 6.45) is 2.32. The maximum Gasteiger partial charge on any atom is 0.263 e. The minimum Gasteiger partial charge on any atom is -0.346 e. The number of hydrogen-bond donors (Lipinski definition) is 1. The number of rotatable bonds is 4. The van der Waals surface area contributed by atoms with Crippen LogP contribution in [0.3, 0.4) is 0 Å². The molecule has 0 atom stereocenters. The molecule has 0 bridgehead atoms. The minimum absolute atomic E-state index is 0.0809. The van der Waals surface area contributed by atoms with E-state index < -0.39 is 0 Å². The Balaban J connectivity index is 2.57. The molecule has 0 aliphatic carbocycles. The topological polar surface area (TPSA) is 42.0 Å². The zero-order chi connectivity index (χ0) is 10.6. The smallest absolute Gasteiger partial charge is 0.263 e. The number of alkyl halides is 1. The fourth-order valence-electron chi connectivity index (χ4n) is 0.996. The number of nitrogens with one attached hydrogen (secondary N) is 1. The molecule has 0 spiro atoms. The van der Waals surface area contributed by atoms with Crippen LogP contribution in [0.2, 0.25) is 0 Å². The van der Waals surface area contributed by atoms with Crippen molar-refractivity contribution in [3.05, 3.63) is 16.6 Å². The fourth-order valence-corrected chi connectivity index (χ4v) is 1.98. The van der Waals surface area contributed by atoms with Gasteiger partial charge in [0.05, 0.1) is 11.7 Å². The maximum atomic E-state index is 11.6. The van der Waals surface area contributed by atoms with E-state index in [-0.39, 0.29) is 11.4 Å². The van der Waals surface area contributed by atoms with Crippen molar-refractivity contribution in [2.24, 2.45) is 0 Å². The summed E-state index contributed by atoms with van der Waals surface area (Å²) in [7, 11) is 0. The van der Waals surface area contributed by atoms with Crippen LogP contribution in [0.15, 0.2) is 11.7 Å². The van der Waals surface area contributed by atoms with E-state index in [0.29, 0.717) is 10.8 Å². The van der Waals surface area contributed by atoms with E-state index in [9.17, 15) is 4.79 Å². The van der Waals surface area contributed by atoms with Crippen LogP contribution < -0.4 is 5.32 Å². The van der Waals surface area contributed by atoms with Gasteiger partial charge in [0.1, 0.15) is 4.88 Å².